The van der Waals surface area contributed by atoms with Gasteiger partial charge in [0.05, 0.1) is 29.2 Å². The van der Waals surface area contributed by atoms with Crippen LogP contribution in [-0.4, -0.2) is 50.7 Å². The fourth-order valence-electron chi connectivity index (χ4n) is 3.68. The lowest BCUT2D eigenvalue weighted by Gasteiger charge is -2.35. The molecule has 0 aliphatic carbocycles. The predicted octanol–water partition coefficient (Wildman–Crippen LogP) is 2.11. The van der Waals surface area contributed by atoms with Crippen molar-refractivity contribution in [1.82, 2.24) is 19.8 Å². The van der Waals surface area contributed by atoms with E-state index in [-0.39, 0.29) is 23.8 Å². The third kappa shape index (κ3) is 3.16. The fraction of sp³-hybridized carbons (Fsp3) is 0.444. The number of hydrogen-bond acceptors (Lipinski definition) is 5. The van der Waals surface area contributed by atoms with Gasteiger partial charge in [0.2, 0.25) is 5.91 Å². The van der Waals surface area contributed by atoms with Crippen LogP contribution in [-0.2, 0) is 11.3 Å². The summed E-state index contributed by atoms with van der Waals surface area (Å²) < 4.78 is 0. The number of carbonyl (C=O) groups is 2. The second-order valence-corrected chi connectivity index (χ2v) is 7.49. The van der Waals surface area contributed by atoms with Crippen LogP contribution in [0.3, 0.4) is 0 Å². The predicted molar refractivity (Wildman–Crippen MR) is 94.1 cm³/mol. The molecule has 2 aromatic heterocycles. The minimum absolute atomic E-state index is 0.0345. The van der Waals surface area contributed by atoms with Crippen molar-refractivity contribution < 1.29 is 9.59 Å². The maximum Gasteiger partial charge on any atom is 0.255 e. The van der Waals surface area contributed by atoms with Gasteiger partial charge in [-0.05, 0) is 31.9 Å². The minimum Gasteiger partial charge on any atom is -0.336 e. The van der Waals surface area contributed by atoms with Gasteiger partial charge in [0.25, 0.3) is 5.91 Å². The molecule has 0 aromatic carbocycles. The Hall–Kier alpha value is -2.28. The Morgan fingerprint density at radius 2 is 2.16 bits per heavy atom. The van der Waals surface area contributed by atoms with E-state index in [0.717, 1.165) is 24.2 Å². The minimum atomic E-state index is -0.111. The number of aromatic nitrogens is 2. The second-order valence-electron chi connectivity index (χ2n) is 6.77. The normalized spacial score (nSPS) is 23.0. The van der Waals surface area contributed by atoms with Gasteiger partial charge >= 0.3 is 0 Å². The van der Waals surface area contributed by atoms with E-state index in [1.807, 2.05) is 34.2 Å². The molecule has 6 nitrogen and oxygen atoms in total. The van der Waals surface area contributed by atoms with Crippen LogP contribution in [0.4, 0.5) is 0 Å². The Bertz CT molecular complexity index is 775. The number of nitrogens with zero attached hydrogens (tertiary/aromatic N) is 4. The highest BCUT2D eigenvalue weighted by Gasteiger charge is 2.42. The van der Waals surface area contributed by atoms with E-state index >= 15 is 0 Å². The van der Waals surface area contributed by atoms with Gasteiger partial charge in [-0.15, -0.1) is 11.3 Å². The molecule has 0 radical (unpaired) electrons. The molecule has 5 rings (SSSR count). The molecule has 3 aliphatic rings. The molecule has 0 saturated carbocycles. The van der Waals surface area contributed by atoms with Gasteiger partial charge in [-0.3, -0.25) is 14.6 Å². The molecule has 2 atom stereocenters. The second kappa shape index (κ2) is 6.55. The summed E-state index contributed by atoms with van der Waals surface area (Å²) in [6, 6.07) is 3.72. The maximum atomic E-state index is 12.9. The van der Waals surface area contributed by atoms with Crippen molar-refractivity contribution in [3.8, 4) is 0 Å². The van der Waals surface area contributed by atoms with Crippen LogP contribution in [0.1, 0.15) is 34.6 Å². The van der Waals surface area contributed by atoms with E-state index < -0.39 is 0 Å². The topological polar surface area (TPSA) is 66.4 Å². The van der Waals surface area contributed by atoms with Gasteiger partial charge in [-0.25, -0.2) is 4.98 Å². The molecule has 130 valence electrons. The Kier molecular flexibility index (Phi) is 4.25. The standard InChI is InChI=1S/C18H20N4O2S/c1-12-2-3-13(6-19-12)17(23)21-7-14-4-5-16(9-21)22(18(14)24)8-15-10-25-11-20-15/h2-3,6,10-11,14,16H,4-5,7-9H2,1H3/t14-,16+/m1/s1. The van der Waals surface area contributed by atoms with Gasteiger partial charge in [-0.2, -0.15) is 0 Å². The van der Waals surface area contributed by atoms with E-state index in [9.17, 15) is 9.59 Å². The van der Waals surface area contributed by atoms with Crippen molar-refractivity contribution in [2.45, 2.75) is 32.4 Å². The molecule has 3 aliphatic heterocycles. The average molecular weight is 356 g/mol. The van der Waals surface area contributed by atoms with E-state index in [2.05, 4.69) is 9.97 Å². The number of hydrogen-bond donors (Lipinski definition) is 0. The average Bonchev–Trinajstić information content (AvgIpc) is 2.98. The molecule has 5 heterocycles. The van der Waals surface area contributed by atoms with E-state index in [4.69, 9.17) is 0 Å². The van der Waals surface area contributed by atoms with Gasteiger partial charge in [0, 0.05) is 36.4 Å². The van der Waals surface area contributed by atoms with Crippen molar-refractivity contribution in [3.05, 3.63) is 46.2 Å². The lowest BCUT2D eigenvalue weighted by Crippen LogP contribution is -2.47. The summed E-state index contributed by atoms with van der Waals surface area (Å²) in [5.74, 6) is 0.00836. The lowest BCUT2D eigenvalue weighted by atomic mass is 9.94. The first-order chi connectivity index (χ1) is 12.1. The Morgan fingerprint density at radius 1 is 1.28 bits per heavy atom. The summed E-state index contributed by atoms with van der Waals surface area (Å²) in [7, 11) is 0. The molecular weight excluding hydrogens is 336 g/mol. The molecule has 0 spiro atoms. The van der Waals surface area contributed by atoms with Crippen molar-refractivity contribution in [2.75, 3.05) is 13.1 Å². The van der Waals surface area contributed by atoms with Crippen molar-refractivity contribution in [2.24, 2.45) is 5.92 Å². The Morgan fingerprint density at radius 3 is 2.88 bits per heavy atom. The molecule has 2 amide bonds. The van der Waals surface area contributed by atoms with Crippen molar-refractivity contribution in [3.63, 3.8) is 0 Å². The molecule has 0 unspecified atom stereocenters. The number of aryl methyl sites for hydroxylation is 1. The van der Waals surface area contributed by atoms with Crippen molar-refractivity contribution in [1.29, 1.82) is 0 Å². The third-order valence-corrected chi connectivity index (χ3v) is 5.69. The summed E-state index contributed by atoms with van der Waals surface area (Å²) in [6.45, 7) is 3.52. The highest BCUT2D eigenvalue weighted by atomic mass is 32.1. The number of thiazole rings is 1. The molecule has 0 N–H and O–H groups in total. The Labute approximate surface area is 150 Å². The van der Waals surface area contributed by atoms with E-state index in [0.29, 0.717) is 25.2 Å². The summed E-state index contributed by atoms with van der Waals surface area (Å²) in [6.07, 6.45) is 3.42. The van der Waals surface area contributed by atoms with Crippen LogP contribution in [0, 0.1) is 12.8 Å². The number of rotatable bonds is 3. The molecule has 2 aromatic rings. The largest absolute Gasteiger partial charge is 0.336 e. The number of fused-ring (bicyclic) bond motifs is 4. The number of carbonyl (C=O) groups excluding carboxylic acids is 2. The summed E-state index contributed by atoms with van der Waals surface area (Å²) in [5, 5.41) is 1.98. The first-order valence-electron chi connectivity index (χ1n) is 8.51. The van der Waals surface area contributed by atoms with Gasteiger partial charge in [0.1, 0.15) is 0 Å². The first kappa shape index (κ1) is 16.2. The quantitative estimate of drug-likeness (QED) is 0.845. The molecule has 3 fully saturated rings. The monoisotopic (exact) mass is 356 g/mol. The van der Waals surface area contributed by atoms with Crippen LogP contribution in [0.5, 0.6) is 0 Å². The zero-order valence-electron chi connectivity index (χ0n) is 14.1. The van der Waals surface area contributed by atoms with E-state index in [1.165, 1.54) is 11.3 Å². The van der Waals surface area contributed by atoms with Crippen LogP contribution in [0.25, 0.3) is 0 Å². The summed E-state index contributed by atoms with van der Waals surface area (Å²) in [5.41, 5.74) is 4.19. The zero-order chi connectivity index (χ0) is 17.4. The molecular formula is C18H20N4O2S. The van der Waals surface area contributed by atoms with Gasteiger partial charge in [-0.1, -0.05) is 0 Å². The zero-order valence-corrected chi connectivity index (χ0v) is 14.9. The fourth-order valence-corrected chi connectivity index (χ4v) is 4.23. The summed E-state index contributed by atoms with van der Waals surface area (Å²) in [4.78, 5) is 38.0. The molecule has 2 bridgehead atoms. The van der Waals surface area contributed by atoms with Crippen LogP contribution < -0.4 is 0 Å². The molecule has 7 heteroatoms. The lowest BCUT2D eigenvalue weighted by molar-refractivity contribution is -0.140. The smallest absolute Gasteiger partial charge is 0.255 e. The Balaban J connectivity index is 1.55. The number of piperidine rings is 1. The number of amides is 2. The summed E-state index contributed by atoms with van der Waals surface area (Å²) >= 11 is 1.54. The SMILES string of the molecule is Cc1ccc(C(=O)N2C[C@H]3CC[C@@H](C2)N(Cc2cscn2)C3=O)cn1. The highest BCUT2D eigenvalue weighted by Crippen LogP contribution is 2.31. The number of pyridine rings is 1. The molecule has 25 heavy (non-hydrogen) atoms. The van der Waals surface area contributed by atoms with Crippen molar-refractivity contribution >= 4 is 23.2 Å². The maximum absolute atomic E-state index is 12.9. The van der Waals surface area contributed by atoms with Crippen LogP contribution >= 0.6 is 11.3 Å². The van der Waals surface area contributed by atoms with Gasteiger partial charge < -0.3 is 9.80 Å². The third-order valence-electron chi connectivity index (χ3n) is 5.05. The first-order valence-corrected chi connectivity index (χ1v) is 9.45. The van der Waals surface area contributed by atoms with Crippen LogP contribution in [0.15, 0.2) is 29.2 Å². The molecule has 3 saturated heterocycles. The van der Waals surface area contributed by atoms with Crippen LogP contribution in [0.2, 0.25) is 0 Å². The van der Waals surface area contributed by atoms with Gasteiger partial charge in [0.15, 0.2) is 0 Å². The highest BCUT2D eigenvalue weighted by molar-refractivity contribution is 7.07. The van der Waals surface area contributed by atoms with E-state index in [1.54, 1.807) is 11.7 Å².